The number of rotatable bonds is 2. The molecule has 1 fully saturated rings. The minimum Gasteiger partial charge on any atom is -0.395 e. The van der Waals surface area contributed by atoms with E-state index in [1.807, 2.05) is 6.92 Å². The van der Waals surface area contributed by atoms with Gasteiger partial charge in [0, 0.05) is 31.3 Å². The summed E-state index contributed by atoms with van der Waals surface area (Å²) in [5.74, 6) is 5.74. The van der Waals surface area contributed by atoms with Crippen molar-refractivity contribution in [2.24, 2.45) is 5.92 Å². The second kappa shape index (κ2) is 7.21. The molecule has 0 radical (unpaired) electrons. The zero-order valence-electron chi connectivity index (χ0n) is 12.1. The maximum atomic E-state index is 12.3. The zero-order valence-corrected chi connectivity index (χ0v) is 12.1. The molecular weight excluding hydrogens is 268 g/mol. The number of carbonyl (C=O) groups excluding carboxylic acids is 1. The number of β-amino-alcohol motifs (C(OH)–C–C–N with tert-alkyl or cyclic N) is 1. The van der Waals surface area contributed by atoms with Crippen LogP contribution in [0.5, 0.6) is 0 Å². The number of piperidine rings is 1. The number of amides is 1. The molecule has 1 amide bonds. The van der Waals surface area contributed by atoms with E-state index in [0.717, 1.165) is 6.42 Å². The van der Waals surface area contributed by atoms with Gasteiger partial charge in [0.25, 0.3) is 5.91 Å². The quantitative estimate of drug-likeness (QED) is 0.784. The molecule has 1 aromatic heterocycles. The van der Waals surface area contributed by atoms with E-state index in [2.05, 4.69) is 16.8 Å². The Hall–Kier alpha value is -1.90. The smallest absolute Gasteiger partial charge is 0.272 e. The average Bonchev–Trinajstić information content (AvgIpc) is 2.50. The third-order valence-electron chi connectivity index (χ3n) is 3.66. The molecule has 2 rings (SSSR count). The molecule has 2 unspecified atom stereocenters. The van der Waals surface area contributed by atoms with Gasteiger partial charge in [-0.1, -0.05) is 18.8 Å². The predicted molar refractivity (Wildman–Crippen MR) is 78.5 cm³/mol. The third kappa shape index (κ3) is 4.03. The molecule has 0 spiro atoms. The van der Waals surface area contributed by atoms with E-state index in [0.29, 0.717) is 30.8 Å². The zero-order chi connectivity index (χ0) is 15.2. The van der Waals surface area contributed by atoms with Crippen LogP contribution in [-0.4, -0.2) is 51.8 Å². The van der Waals surface area contributed by atoms with Crippen molar-refractivity contribution in [1.82, 2.24) is 9.88 Å². The van der Waals surface area contributed by atoms with Crippen LogP contribution in [0.4, 0.5) is 0 Å². The molecule has 0 aromatic carbocycles. The summed E-state index contributed by atoms with van der Waals surface area (Å²) in [6.45, 7) is 3.04. The second-order valence-electron chi connectivity index (χ2n) is 5.29. The molecule has 5 nitrogen and oxygen atoms in total. The van der Waals surface area contributed by atoms with Gasteiger partial charge in [0.05, 0.1) is 12.7 Å². The van der Waals surface area contributed by atoms with Crippen molar-refractivity contribution in [3.63, 3.8) is 0 Å². The number of hydrogen-bond donors (Lipinski definition) is 2. The first-order valence-corrected chi connectivity index (χ1v) is 7.15. The van der Waals surface area contributed by atoms with Crippen LogP contribution in [0.1, 0.15) is 35.8 Å². The average molecular weight is 288 g/mol. The Labute approximate surface area is 124 Å². The Balaban J connectivity index is 2.02. The number of aliphatic hydroxyl groups excluding tert-OH is 2. The largest absolute Gasteiger partial charge is 0.395 e. The lowest BCUT2D eigenvalue weighted by molar-refractivity contribution is 0.0245. The maximum Gasteiger partial charge on any atom is 0.272 e. The van der Waals surface area contributed by atoms with Gasteiger partial charge >= 0.3 is 0 Å². The highest BCUT2D eigenvalue weighted by Gasteiger charge is 2.28. The van der Waals surface area contributed by atoms with Gasteiger partial charge in [-0.3, -0.25) is 4.79 Å². The fourth-order valence-corrected chi connectivity index (χ4v) is 2.21. The number of nitrogens with zero attached hydrogens (tertiary/aromatic N) is 2. The molecule has 0 bridgehead atoms. The highest BCUT2D eigenvalue weighted by Crippen LogP contribution is 2.18. The van der Waals surface area contributed by atoms with Crippen LogP contribution < -0.4 is 0 Å². The van der Waals surface area contributed by atoms with Gasteiger partial charge in [0.1, 0.15) is 5.69 Å². The normalized spacial score (nSPS) is 21.6. The van der Waals surface area contributed by atoms with Gasteiger partial charge in [0.15, 0.2) is 0 Å². The standard InChI is InChI=1S/C16H20N2O3/c1-12-7-8-18(11-15(12)20)16(21)14-6-5-13(10-17-14)4-2-3-9-19/h5-6,10,12,15,19-20H,3,7-9,11H2,1H3. The van der Waals surface area contributed by atoms with E-state index in [1.54, 1.807) is 23.2 Å². The van der Waals surface area contributed by atoms with Crippen molar-refractivity contribution in [3.05, 3.63) is 29.6 Å². The van der Waals surface area contributed by atoms with Gasteiger partial charge < -0.3 is 15.1 Å². The van der Waals surface area contributed by atoms with Crippen LogP contribution in [0.15, 0.2) is 18.3 Å². The molecule has 1 aromatic rings. The lowest BCUT2D eigenvalue weighted by Crippen LogP contribution is -2.46. The molecule has 2 atom stereocenters. The number of pyridine rings is 1. The maximum absolute atomic E-state index is 12.3. The summed E-state index contributed by atoms with van der Waals surface area (Å²) in [5.41, 5.74) is 1.08. The number of aromatic nitrogens is 1. The van der Waals surface area contributed by atoms with Crippen molar-refractivity contribution in [2.45, 2.75) is 25.9 Å². The Kier molecular flexibility index (Phi) is 5.32. The summed E-state index contributed by atoms with van der Waals surface area (Å²) >= 11 is 0. The third-order valence-corrected chi connectivity index (χ3v) is 3.66. The summed E-state index contributed by atoms with van der Waals surface area (Å²) in [4.78, 5) is 18.1. The molecule has 5 heteroatoms. The van der Waals surface area contributed by atoms with Crippen molar-refractivity contribution in [3.8, 4) is 11.8 Å². The SMILES string of the molecule is CC1CCN(C(=O)c2ccc(C#CCCO)cn2)CC1O. The van der Waals surface area contributed by atoms with E-state index in [-0.39, 0.29) is 18.4 Å². The summed E-state index contributed by atoms with van der Waals surface area (Å²) < 4.78 is 0. The van der Waals surface area contributed by atoms with Crippen molar-refractivity contribution in [1.29, 1.82) is 0 Å². The van der Waals surface area contributed by atoms with Crippen molar-refractivity contribution in [2.75, 3.05) is 19.7 Å². The molecule has 1 aliphatic heterocycles. The van der Waals surface area contributed by atoms with E-state index in [9.17, 15) is 9.90 Å². The summed E-state index contributed by atoms with van der Waals surface area (Å²) in [6.07, 6.45) is 2.31. The van der Waals surface area contributed by atoms with E-state index in [1.165, 1.54) is 0 Å². The van der Waals surface area contributed by atoms with Gasteiger partial charge in [-0.05, 0) is 24.5 Å². The first kappa shape index (κ1) is 15.5. The predicted octanol–water partition coefficient (Wildman–Crippen LogP) is 0.658. The lowest BCUT2D eigenvalue weighted by Gasteiger charge is -2.34. The van der Waals surface area contributed by atoms with Crippen molar-refractivity contribution >= 4 is 5.91 Å². The van der Waals surface area contributed by atoms with Gasteiger partial charge in [-0.2, -0.15) is 0 Å². The van der Waals surface area contributed by atoms with E-state index >= 15 is 0 Å². The van der Waals surface area contributed by atoms with Crippen LogP contribution in [0.3, 0.4) is 0 Å². The minimum absolute atomic E-state index is 0.0344. The summed E-state index contributed by atoms with van der Waals surface area (Å²) in [5, 5.41) is 18.5. The lowest BCUT2D eigenvalue weighted by atomic mass is 9.96. The molecule has 2 heterocycles. The number of hydrogen-bond acceptors (Lipinski definition) is 4. The molecule has 0 saturated carbocycles. The Bertz CT molecular complexity index is 545. The minimum atomic E-state index is -0.466. The van der Waals surface area contributed by atoms with Gasteiger partial charge in [-0.15, -0.1) is 0 Å². The molecule has 0 aliphatic carbocycles. The topological polar surface area (TPSA) is 73.7 Å². The summed E-state index contributed by atoms with van der Waals surface area (Å²) in [7, 11) is 0. The van der Waals surface area contributed by atoms with E-state index < -0.39 is 6.10 Å². The van der Waals surface area contributed by atoms with Gasteiger partial charge in [0.2, 0.25) is 0 Å². The van der Waals surface area contributed by atoms with Crippen molar-refractivity contribution < 1.29 is 15.0 Å². The highest BCUT2D eigenvalue weighted by atomic mass is 16.3. The number of carbonyl (C=O) groups is 1. The molecule has 1 saturated heterocycles. The monoisotopic (exact) mass is 288 g/mol. The van der Waals surface area contributed by atoms with Crippen LogP contribution in [0.2, 0.25) is 0 Å². The Morgan fingerprint density at radius 2 is 2.33 bits per heavy atom. The first-order valence-electron chi connectivity index (χ1n) is 7.15. The van der Waals surface area contributed by atoms with Crippen LogP contribution in [-0.2, 0) is 0 Å². The van der Waals surface area contributed by atoms with Crippen LogP contribution >= 0.6 is 0 Å². The Morgan fingerprint density at radius 3 is 2.95 bits per heavy atom. The molecule has 21 heavy (non-hydrogen) atoms. The van der Waals surface area contributed by atoms with E-state index in [4.69, 9.17) is 5.11 Å². The van der Waals surface area contributed by atoms with Crippen LogP contribution in [0, 0.1) is 17.8 Å². The first-order chi connectivity index (χ1) is 10.1. The highest BCUT2D eigenvalue weighted by molar-refractivity contribution is 5.92. The number of likely N-dealkylation sites (tertiary alicyclic amines) is 1. The fourth-order valence-electron chi connectivity index (χ4n) is 2.21. The second-order valence-corrected chi connectivity index (χ2v) is 5.29. The molecule has 1 aliphatic rings. The molecule has 2 N–H and O–H groups in total. The fraction of sp³-hybridized carbons (Fsp3) is 0.500. The molecule has 112 valence electrons. The van der Waals surface area contributed by atoms with Gasteiger partial charge in [-0.25, -0.2) is 4.98 Å². The van der Waals surface area contributed by atoms with Crippen LogP contribution in [0.25, 0.3) is 0 Å². The summed E-state index contributed by atoms with van der Waals surface area (Å²) in [6, 6.07) is 3.39. The number of aliphatic hydroxyl groups is 2. The Morgan fingerprint density at radius 1 is 1.52 bits per heavy atom. The molecular formula is C16H20N2O3.